The maximum Gasteiger partial charge on any atom is 0.275 e. The Labute approximate surface area is 221 Å². The Balaban J connectivity index is 1.33. The summed E-state index contributed by atoms with van der Waals surface area (Å²) in [7, 11) is -3.63. The lowest BCUT2D eigenvalue weighted by Crippen LogP contribution is -2.41. The minimum Gasteiger partial charge on any atom is -0.379 e. The second kappa shape index (κ2) is 9.01. The van der Waals surface area contributed by atoms with Crippen LogP contribution in [0.5, 0.6) is 0 Å². The molecule has 3 aliphatic heterocycles. The van der Waals surface area contributed by atoms with Gasteiger partial charge in [0.05, 0.1) is 54.0 Å². The number of morpholine rings is 2. The van der Waals surface area contributed by atoms with Crippen molar-refractivity contribution in [3.63, 3.8) is 0 Å². The summed E-state index contributed by atoms with van der Waals surface area (Å²) >= 11 is 0. The van der Waals surface area contributed by atoms with Crippen LogP contribution in [0.1, 0.15) is 33.6 Å². The second-order valence-corrected chi connectivity index (χ2v) is 12.5. The maximum absolute atomic E-state index is 13.8. The fourth-order valence-corrected chi connectivity index (χ4v) is 7.88. The molecule has 3 fully saturated rings. The van der Waals surface area contributed by atoms with E-state index in [1.165, 1.54) is 5.56 Å². The third kappa shape index (κ3) is 3.98. The fraction of sp³-hybridized carbons (Fsp3) is 0.429. The van der Waals surface area contributed by atoms with Gasteiger partial charge in [-0.25, -0.2) is 13.1 Å². The molecule has 2 saturated heterocycles. The molecule has 1 aromatic heterocycles. The molecule has 3 aromatic rings. The van der Waals surface area contributed by atoms with Gasteiger partial charge in [0.1, 0.15) is 0 Å². The van der Waals surface area contributed by atoms with Crippen molar-refractivity contribution in [3.8, 4) is 16.9 Å². The number of aromatic nitrogens is 2. The van der Waals surface area contributed by atoms with E-state index >= 15 is 0 Å². The maximum atomic E-state index is 13.8. The highest BCUT2D eigenvalue weighted by atomic mass is 32.2. The zero-order valence-electron chi connectivity index (χ0n) is 21.3. The molecule has 9 nitrogen and oxygen atoms in total. The number of aryl methyl sites for hydroxylation is 1. The van der Waals surface area contributed by atoms with Crippen LogP contribution in [-0.4, -0.2) is 85.5 Å². The van der Waals surface area contributed by atoms with Gasteiger partial charge >= 0.3 is 0 Å². The van der Waals surface area contributed by atoms with Crippen LogP contribution in [0.2, 0.25) is 0 Å². The number of rotatable bonds is 4. The summed E-state index contributed by atoms with van der Waals surface area (Å²) in [5, 5.41) is 4.82. The van der Waals surface area contributed by atoms with Gasteiger partial charge in [-0.05, 0) is 36.6 Å². The van der Waals surface area contributed by atoms with Crippen molar-refractivity contribution in [1.82, 2.24) is 19.6 Å². The molecule has 0 N–H and O–H groups in total. The van der Waals surface area contributed by atoms with Crippen molar-refractivity contribution in [1.29, 1.82) is 0 Å². The number of hydrogen-bond acceptors (Lipinski definition) is 7. The highest BCUT2D eigenvalue weighted by Gasteiger charge is 2.49. The summed E-state index contributed by atoms with van der Waals surface area (Å²) in [5.74, 6) is -0.458. The van der Waals surface area contributed by atoms with E-state index in [0.29, 0.717) is 40.4 Å². The van der Waals surface area contributed by atoms with E-state index in [-0.39, 0.29) is 29.5 Å². The molecular weight excluding hydrogens is 504 g/mol. The SMILES string of the molecule is Cc1cccc2c1S(=O)(=O)Cc1c(C(=O)N3CCOC4CC43)nn(-c3ccc(CN4CCOCC4)cc3)c1-2. The van der Waals surface area contributed by atoms with Crippen LogP contribution in [0.15, 0.2) is 47.4 Å². The highest BCUT2D eigenvalue weighted by Crippen LogP contribution is 2.43. The van der Waals surface area contributed by atoms with Gasteiger partial charge in [-0.3, -0.25) is 9.69 Å². The Morgan fingerprint density at radius 1 is 1.05 bits per heavy atom. The first-order valence-corrected chi connectivity index (χ1v) is 14.8. The van der Waals surface area contributed by atoms with Gasteiger partial charge in [0.25, 0.3) is 5.91 Å². The summed E-state index contributed by atoms with van der Waals surface area (Å²) in [6.07, 6.45) is 0.899. The molecule has 0 bridgehead atoms. The molecule has 1 amide bonds. The monoisotopic (exact) mass is 534 g/mol. The fourth-order valence-electron chi connectivity index (χ4n) is 6.02. The third-order valence-corrected chi connectivity index (χ3v) is 9.85. The summed E-state index contributed by atoms with van der Waals surface area (Å²) in [6.45, 7) is 6.95. The van der Waals surface area contributed by atoms with Crippen molar-refractivity contribution >= 4 is 15.7 Å². The molecule has 7 rings (SSSR count). The van der Waals surface area contributed by atoms with E-state index in [1.807, 2.05) is 42.2 Å². The summed E-state index contributed by atoms with van der Waals surface area (Å²) in [6, 6.07) is 13.7. The minimum atomic E-state index is -3.63. The Hall–Kier alpha value is -3.05. The topological polar surface area (TPSA) is 94.0 Å². The van der Waals surface area contributed by atoms with Crippen LogP contribution in [-0.2, 0) is 31.6 Å². The average molecular weight is 535 g/mol. The molecule has 4 heterocycles. The normalized spacial score (nSPS) is 23.9. The van der Waals surface area contributed by atoms with Gasteiger partial charge in [0, 0.05) is 37.3 Å². The van der Waals surface area contributed by atoms with Crippen LogP contribution in [0.4, 0.5) is 0 Å². The van der Waals surface area contributed by atoms with Gasteiger partial charge in [0.15, 0.2) is 15.5 Å². The first kappa shape index (κ1) is 24.0. The van der Waals surface area contributed by atoms with Gasteiger partial charge in [-0.15, -0.1) is 0 Å². The predicted molar refractivity (Wildman–Crippen MR) is 140 cm³/mol. The Bertz CT molecular complexity index is 1530. The number of hydrogen-bond donors (Lipinski definition) is 0. The zero-order chi connectivity index (χ0) is 26.0. The smallest absolute Gasteiger partial charge is 0.275 e. The molecule has 1 aliphatic carbocycles. The lowest BCUT2D eigenvalue weighted by molar-refractivity contribution is 0.0258. The van der Waals surface area contributed by atoms with Crippen LogP contribution in [0.25, 0.3) is 16.9 Å². The Morgan fingerprint density at radius 3 is 2.63 bits per heavy atom. The van der Waals surface area contributed by atoms with Crippen LogP contribution in [0.3, 0.4) is 0 Å². The Morgan fingerprint density at radius 2 is 1.84 bits per heavy atom. The van der Waals surface area contributed by atoms with Gasteiger partial charge < -0.3 is 14.4 Å². The predicted octanol–water partition coefficient (Wildman–Crippen LogP) is 2.58. The molecule has 2 aromatic carbocycles. The van der Waals surface area contributed by atoms with E-state index in [1.54, 1.807) is 4.68 Å². The van der Waals surface area contributed by atoms with E-state index in [0.717, 1.165) is 45.0 Å². The summed E-state index contributed by atoms with van der Waals surface area (Å²) in [4.78, 5) is 18.3. The Kier molecular flexibility index (Phi) is 5.70. The number of amides is 1. The molecular formula is C28H30N4O5S. The molecule has 38 heavy (non-hydrogen) atoms. The van der Waals surface area contributed by atoms with E-state index < -0.39 is 9.84 Å². The zero-order valence-corrected chi connectivity index (χ0v) is 22.1. The van der Waals surface area contributed by atoms with Crippen molar-refractivity contribution in [2.75, 3.05) is 39.5 Å². The molecule has 0 spiro atoms. The molecule has 10 heteroatoms. The molecule has 0 radical (unpaired) electrons. The minimum absolute atomic E-state index is 0.0475. The highest BCUT2D eigenvalue weighted by molar-refractivity contribution is 7.91. The number of carbonyl (C=O) groups excluding carboxylic acids is 1. The van der Waals surface area contributed by atoms with Gasteiger partial charge in [0.2, 0.25) is 0 Å². The average Bonchev–Trinajstić information content (AvgIpc) is 3.62. The van der Waals surface area contributed by atoms with E-state index in [9.17, 15) is 13.2 Å². The second-order valence-electron chi connectivity index (χ2n) is 10.6. The first-order chi connectivity index (χ1) is 18.4. The van der Waals surface area contributed by atoms with Crippen molar-refractivity contribution < 1.29 is 22.7 Å². The quantitative estimate of drug-likeness (QED) is 0.508. The van der Waals surface area contributed by atoms with E-state index in [4.69, 9.17) is 14.6 Å². The number of nitrogens with zero attached hydrogens (tertiary/aromatic N) is 4. The number of benzene rings is 2. The number of fused-ring (bicyclic) bond motifs is 4. The summed E-state index contributed by atoms with van der Waals surface area (Å²) in [5.41, 5.74) is 4.66. The molecule has 198 valence electrons. The van der Waals surface area contributed by atoms with Gasteiger partial charge in [-0.1, -0.05) is 30.3 Å². The lowest BCUT2D eigenvalue weighted by Gasteiger charge is -2.26. The number of carbonyl (C=O) groups is 1. The lowest BCUT2D eigenvalue weighted by atomic mass is 10.0. The molecule has 2 atom stereocenters. The van der Waals surface area contributed by atoms with E-state index in [2.05, 4.69) is 17.0 Å². The molecule has 1 saturated carbocycles. The summed E-state index contributed by atoms with van der Waals surface area (Å²) < 4.78 is 39.8. The third-order valence-electron chi connectivity index (χ3n) is 8.01. The standard InChI is InChI=1S/C28H30N4O5S/c1-18-3-2-4-21-26-22(17-38(34,35)27(18)21)25(28(33)31-11-14-37-24-15-23(24)31)29-32(26)20-7-5-19(6-8-20)16-30-9-12-36-13-10-30/h2-8,23-24H,9-17H2,1H3. The van der Waals surface area contributed by atoms with Crippen molar-refractivity contribution in [2.24, 2.45) is 0 Å². The molecule has 4 aliphatic rings. The number of ether oxygens (including phenoxy) is 2. The largest absolute Gasteiger partial charge is 0.379 e. The van der Waals surface area contributed by atoms with Crippen molar-refractivity contribution in [3.05, 3.63) is 64.8 Å². The van der Waals surface area contributed by atoms with Crippen LogP contribution >= 0.6 is 0 Å². The van der Waals surface area contributed by atoms with Crippen molar-refractivity contribution in [2.45, 2.75) is 42.7 Å². The van der Waals surface area contributed by atoms with Gasteiger partial charge in [-0.2, -0.15) is 5.10 Å². The molecule has 2 unspecified atom stereocenters. The first-order valence-electron chi connectivity index (χ1n) is 13.2. The van der Waals surface area contributed by atoms with Crippen LogP contribution < -0.4 is 0 Å². The van der Waals surface area contributed by atoms with Crippen LogP contribution in [0, 0.1) is 6.92 Å². The number of sulfone groups is 1.